The maximum Gasteiger partial charge on any atom is 0.335 e. The Morgan fingerprint density at radius 2 is 2.38 bits per heavy atom. The molecular weight excluding hydrogens is 268 g/mol. The average Bonchev–Trinajstić information content (AvgIpc) is 3.12. The number of fused-ring (bicyclic) bond motifs is 1. The number of carboxylic acid groups (broad SMARTS) is 1. The van der Waals surface area contributed by atoms with Crippen molar-refractivity contribution in [2.45, 2.75) is 32.7 Å². The number of ether oxygens (including phenoxy) is 1. The predicted molar refractivity (Wildman–Crippen MR) is 79.7 cm³/mol. The Balaban J connectivity index is 2.09. The summed E-state index contributed by atoms with van der Waals surface area (Å²) >= 11 is 0. The summed E-state index contributed by atoms with van der Waals surface area (Å²) in [5.74, 6) is 0.584. The number of hydrogen-bond donors (Lipinski definition) is 1. The second kappa shape index (κ2) is 5.48. The SMILES string of the molecule is CCc1nc2cc(C(=O)O)ccc2n1C(C)C1CCOC1. The first kappa shape index (κ1) is 14.1. The zero-order chi connectivity index (χ0) is 15.0. The molecule has 2 atom stereocenters. The van der Waals surface area contributed by atoms with E-state index in [1.54, 1.807) is 12.1 Å². The van der Waals surface area contributed by atoms with Crippen molar-refractivity contribution in [3.63, 3.8) is 0 Å². The van der Waals surface area contributed by atoms with Crippen LogP contribution >= 0.6 is 0 Å². The summed E-state index contributed by atoms with van der Waals surface area (Å²) in [5, 5.41) is 9.11. The summed E-state index contributed by atoms with van der Waals surface area (Å²) in [6, 6.07) is 5.49. The summed E-state index contributed by atoms with van der Waals surface area (Å²) in [6.07, 6.45) is 1.90. The highest BCUT2D eigenvalue weighted by molar-refractivity contribution is 5.92. The molecule has 1 saturated heterocycles. The molecule has 1 aliphatic heterocycles. The van der Waals surface area contributed by atoms with Gasteiger partial charge in [-0.3, -0.25) is 0 Å². The first-order chi connectivity index (χ1) is 10.1. The first-order valence-electron chi connectivity index (χ1n) is 7.43. The molecule has 112 valence electrons. The van der Waals surface area contributed by atoms with Gasteiger partial charge in [0.2, 0.25) is 0 Å². The van der Waals surface area contributed by atoms with Crippen LogP contribution in [-0.2, 0) is 11.2 Å². The smallest absolute Gasteiger partial charge is 0.335 e. The fourth-order valence-electron chi connectivity index (χ4n) is 3.13. The van der Waals surface area contributed by atoms with Gasteiger partial charge in [-0.15, -0.1) is 0 Å². The van der Waals surface area contributed by atoms with E-state index in [1.807, 2.05) is 6.07 Å². The van der Waals surface area contributed by atoms with Crippen LogP contribution in [0.2, 0.25) is 0 Å². The van der Waals surface area contributed by atoms with Gasteiger partial charge < -0.3 is 14.4 Å². The molecule has 5 nitrogen and oxygen atoms in total. The Morgan fingerprint density at radius 1 is 1.57 bits per heavy atom. The van der Waals surface area contributed by atoms with Crippen LogP contribution in [0.1, 0.15) is 42.5 Å². The molecular formula is C16H20N2O3. The fraction of sp³-hybridized carbons (Fsp3) is 0.500. The van der Waals surface area contributed by atoms with E-state index >= 15 is 0 Å². The van der Waals surface area contributed by atoms with E-state index < -0.39 is 5.97 Å². The number of rotatable bonds is 4. The van der Waals surface area contributed by atoms with Crippen molar-refractivity contribution < 1.29 is 14.6 Å². The molecule has 1 aromatic heterocycles. The van der Waals surface area contributed by atoms with Crippen molar-refractivity contribution in [3.05, 3.63) is 29.6 Å². The van der Waals surface area contributed by atoms with Crippen molar-refractivity contribution in [3.8, 4) is 0 Å². The third kappa shape index (κ3) is 2.42. The van der Waals surface area contributed by atoms with E-state index in [9.17, 15) is 4.79 Å². The standard InChI is InChI=1S/C16H20N2O3/c1-3-15-17-13-8-11(16(19)20)4-5-14(13)18(15)10(2)12-6-7-21-9-12/h4-5,8,10,12H,3,6-7,9H2,1-2H3,(H,19,20). The Morgan fingerprint density at radius 3 is 3.00 bits per heavy atom. The third-order valence-corrected chi connectivity index (χ3v) is 4.38. The van der Waals surface area contributed by atoms with Crippen molar-refractivity contribution in [1.82, 2.24) is 9.55 Å². The number of aromatic nitrogens is 2. The average molecular weight is 288 g/mol. The van der Waals surface area contributed by atoms with Gasteiger partial charge >= 0.3 is 5.97 Å². The summed E-state index contributed by atoms with van der Waals surface area (Å²) in [5.41, 5.74) is 2.06. The number of aromatic carboxylic acids is 1. The van der Waals surface area contributed by atoms with E-state index in [0.29, 0.717) is 12.0 Å². The lowest BCUT2D eigenvalue weighted by molar-refractivity contribution is 0.0697. The Labute approximate surface area is 123 Å². The fourth-order valence-corrected chi connectivity index (χ4v) is 3.13. The van der Waals surface area contributed by atoms with E-state index in [0.717, 1.165) is 42.9 Å². The monoisotopic (exact) mass is 288 g/mol. The van der Waals surface area contributed by atoms with Crippen LogP contribution in [0.25, 0.3) is 11.0 Å². The summed E-state index contributed by atoms with van der Waals surface area (Å²) in [7, 11) is 0. The zero-order valence-corrected chi connectivity index (χ0v) is 12.4. The topological polar surface area (TPSA) is 64.3 Å². The summed E-state index contributed by atoms with van der Waals surface area (Å²) < 4.78 is 7.75. The lowest BCUT2D eigenvalue weighted by Gasteiger charge is -2.22. The van der Waals surface area contributed by atoms with Crippen LogP contribution in [0.3, 0.4) is 0 Å². The molecule has 2 heterocycles. The van der Waals surface area contributed by atoms with Gasteiger partial charge in [-0.05, 0) is 31.5 Å². The van der Waals surface area contributed by atoms with Gasteiger partial charge in [-0.1, -0.05) is 6.92 Å². The highest BCUT2D eigenvalue weighted by atomic mass is 16.5. The summed E-state index contributed by atoms with van der Waals surface area (Å²) in [6.45, 7) is 5.89. The molecule has 1 aromatic carbocycles. The van der Waals surface area contributed by atoms with Crippen LogP contribution < -0.4 is 0 Å². The molecule has 0 bridgehead atoms. The minimum absolute atomic E-state index is 0.284. The minimum atomic E-state index is -0.915. The number of nitrogens with zero attached hydrogens (tertiary/aromatic N) is 2. The molecule has 5 heteroatoms. The van der Waals surface area contributed by atoms with Crippen LogP contribution in [0, 0.1) is 5.92 Å². The molecule has 0 spiro atoms. The van der Waals surface area contributed by atoms with Crippen molar-refractivity contribution in [2.24, 2.45) is 5.92 Å². The second-order valence-electron chi connectivity index (χ2n) is 5.62. The second-order valence-corrected chi connectivity index (χ2v) is 5.62. The Bertz CT molecular complexity index is 671. The van der Waals surface area contributed by atoms with E-state index in [1.165, 1.54) is 0 Å². The molecule has 1 fully saturated rings. The molecule has 0 saturated carbocycles. The van der Waals surface area contributed by atoms with E-state index in [4.69, 9.17) is 9.84 Å². The van der Waals surface area contributed by atoms with Crippen molar-refractivity contribution in [2.75, 3.05) is 13.2 Å². The highest BCUT2D eigenvalue weighted by Gasteiger charge is 2.26. The number of imidazole rings is 1. The van der Waals surface area contributed by atoms with Crippen LogP contribution in [0.4, 0.5) is 0 Å². The molecule has 1 aliphatic rings. The molecule has 3 rings (SSSR count). The van der Waals surface area contributed by atoms with Crippen LogP contribution in [-0.4, -0.2) is 33.8 Å². The minimum Gasteiger partial charge on any atom is -0.478 e. The zero-order valence-electron chi connectivity index (χ0n) is 12.4. The number of carboxylic acids is 1. The van der Waals surface area contributed by atoms with Gasteiger partial charge in [0.05, 0.1) is 23.2 Å². The largest absolute Gasteiger partial charge is 0.478 e. The molecule has 2 aromatic rings. The Hall–Kier alpha value is -1.88. The Kier molecular flexibility index (Phi) is 3.68. The lowest BCUT2D eigenvalue weighted by atomic mass is 10.00. The molecule has 2 unspecified atom stereocenters. The third-order valence-electron chi connectivity index (χ3n) is 4.38. The van der Waals surface area contributed by atoms with E-state index in [-0.39, 0.29) is 5.56 Å². The van der Waals surface area contributed by atoms with Gasteiger partial charge in [-0.2, -0.15) is 0 Å². The molecule has 0 aliphatic carbocycles. The maximum atomic E-state index is 11.1. The highest BCUT2D eigenvalue weighted by Crippen LogP contribution is 2.31. The lowest BCUT2D eigenvalue weighted by Crippen LogP contribution is -2.18. The number of carbonyl (C=O) groups is 1. The van der Waals surface area contributed by atoms with Gasteiger partial charge in [-0.25, -0.2) is 9.78 Å². The molecule has 1 N–H and O–H groups in total. The van der Waals surface area contributed by atoms with Crippen molar-refractivity contribution >= 4 is 17.0 Å². The molecule has 21 heavy (non-hydrogen) atoms. The predicted octanol–water partition coefficient (Wildman–Crippen LogP) is 2.89. The normalized spacial score (nSPS) is 20.0. The number of benzene rings is 1. The van der Waals surface area contributed by atoms with Crippen LogP contribution in [0.5, 0.6) is 0 Å². The van der Waals surface area contributed by atoms with Crippen LogP contribution in [0.15, 0.2) is 18.2 Å². The maximum absolute atomic E-state index is 11.1. The van der Waals surface area contributed by atoms with Gasteiger partial charge in [0.25, 0.3) is 0 Å². The summed E-state index contributed by atoms with van der Waals surface area (Å²) in [4.78, 5) is 15.7. The number of hydrogen-bond acceptors (Lipinski definition) is 3. The first-order valence-corrected chi connectivity index (χ1v) is 7.43. The number of aryl methyl sites for hydroxylation is 1. The molecule has 0 radical (unpaired) electrons. The molecule has 0 amide bonds. The van der Waals surface area contributed by atoms with Crippen molar-refractivity contribution in [1.29, 1.82) is 0 Å². The van der Waals surface area contributed by atoms with Gasteiger partial charge in [0.1, 0.15) is 5.82 Å². The quantitative estimate of drug-likeness (QED) is 0.939. The van der Waals surface area contributed by atoms with Gasteiger partial charge in [0, 0.05) is 25.0 Å². The van der Waals surface area contributed by atoms with E-state index in [2.05, 4.69) is 23.4 Å². The van der Waals surface area contributed by atoms with Gasteiger partial charge in [0.15, 0.2) is 0 Å².